The maximum Gasteiger partial charge on any atom is 0.220 e. The number of aryl methyl sites for hydroxylation is 1. The third-order valence-electron chi connectivity index (χ3n) is 3.22. The Bertz CT molecular complexity index is 599. The molecule has 3 nitrogen and oxygen atoms in total. The van der Waals surface area contributed by atoms with E-state index in [0.29, 0.717) is 26.0 Å². The lowest BCUT2D eigenvalue weighted by Gasteiger charge is -2.08. The van der Waals surface area contributed by atoms with Crippen LogP contribution in [0.15, 0.2) is 35.7 Å². The topological polar surface area (TPSA) is 38.3 Å². The molecule has 0 aliphatic rings. The molecular weight excluding hydrogens is 318 g/mol. The van der Waals surface area contributed by atoms with Crippen molar-refractivity contribution < 1.29 is 9.53 Å². The molecule has 0 aliphatic carbocycles. The summed E-state index contributed by atoms with van der Waals surface area (Å²) in [6, 6.07) is 9.68. The zero-order valence-corrected chi connectivity index (χ0v) is 14.2. The van der Waals surface area contributed by atoms with E-state index >= 15 is 0 Å². The van der Waals surface area contributed by atoms with Gasteiger partial charge in [-0.2, -0.15) is 0 Å². The SMILES string of the molecule is Cc1cc(OCCCC(=O)NCCc2cccs2)ccc1Cl. The zero-order chi connectivity index (χ0) is 15.8. The van der Waals surface area contributed by atoms with Gasteiger partial charge in [-0.15, -0.1) is 11.3 Å². The average molecular weight is 338 g/mol. The molecule has 2 rings (SSSR count). The third-order valence-corrected chi connectivity index (χ3v) is 4.58. The number of benzene rings is 1. The van der Waals surface area contributed by atoms with Crippen molar-refractivity contribution in [3.63, 3.8) is 0 Å². The molecule has 0 saturated carbocycles. The fourth-order valence-electron chi connectivity index (χ4n) is 2.00. The van der Waals surface area contributed by atoms with Gasteiger partial charge in [-0.1, -0.05) is 17.7 Å². The second-order valence-corrected chi connectivity index (χ2v) is 6.48. The van der Waals surface area contributed by atoms with E-state index in [0.717, 1.165) is 22.8 Å². The highest BCUT2D eigenvalue weighted by Crippen LogP contribution is 2.21. The van der Waals surface area contributed by atoms with Gasteiger partial charge in [0.25, 0.3) is 0 Å². The Labute approximate surface area is 140 Å². The van der Waals surface area contributed by atoms with Crippen LogP contribution in [-0.4, -0.2) is 19.1 Å². The monoisotopic (exact) mass is 337 g/mol. The first-order valence-corrected chi connectivity index (χ1v) is 8.59. The number of ether oxygens (including phenoxy) is 1. The van der Waals surface area contributed by atoms with Gasteiger partial charge in [-0.3, -0.25) is 4.79 Å². The van der Waals surface area contributed by atoms with Crippen molar-refractivity contribution in [2.45, 2.75) is 26.2 Å². The van der Waals surface area contributed by atoms with E-state index in [1.54, 1.807) is 11.3 Å². The molecule has 22 heavy (non-hydrogen) atoms. The number of carbonyl (C=O) groups excluding carboxylic acids is 1. The summed E-state index contributed by atoms with van der Waals surface area (Å²) in [7, 11) is 0. The van der Waals surface area contributed by atoms with Crippen LogP contribution in [0.1, 0.15) is 23.3 Å². The van der Waals surface area contributed by atoms with E-state index in [-0.39, 0.29) is 5.91 Å². The van der Waals surface area contributed by atoms with Crippen molar-refractivity contribution in [2.75, 3.05) is 13.2 Å². The molecule has 0 spiro atoms. The summed E-state index contributed by atoms with van der Waals surface area (Å²) in [5, 5.41) is 5.71. The average Bonchev–Trinajstić information content (AvgIpc) is 3.00. The van der Waals surface area contributed by atoms with Crippen LogP contribution in [-0.2, 0) is 11.2 Å². The minimum absolute atomic E-state index is 0.0763. The molecule has 0 fully saturated rings. The van der Waals surface area contributed by atoms with E-state index in [9.17, 15) is 4.79 Å². The highest BCUT2D eigenvalue weighted by Gasteiger charge is 2.03. The molecule has 1 heterocycles. The summed E-state index contributed by atoms with van der Waals surface area (Å²) in [6.07, 6.45) is 2.08. The highest BCUT2D eigenvalue weighted by molar-refractivity contribution is 7.09. The Morgan fingerprint density at radius 2 is 2.23 bits per heavy atom. The quantitative estimate of drug-likeness (QED) is 0.732. The van der Waals surface area contributed by atoms with E-state index in [1.165, 1.54) is 4.88 Å². The lowest BCUT2D eigenvalue weighted by atomic mass is 10.2. The lowest BCUT2D eigenvalue weighted by molar-refractivity contribution is -0.121. The van der Waals surface area contributed by atoms with Gasteiger partial charge >= 0.3 is 0 Å². The van der Waals surface area contributed by atoms with E-state index in [2.05, 4.69) is 11.4 Å². The van der Waals surface area contributed by atoms with Crippen LogP contribution in [0, 0.1) is 6.92 Å². The molecule has 1 amide bonds. The van der Waals surface area contributed by atoms with Crippen molar-refractivity contribution >= 4 is 28.8 Å². The smallest absolute Gasteiger partial charge is 0.220 e. The van der Waals surface area contributed by atoms with Crippen molar-refractivity contribution in [2.24, 2.45) is 0 Å². The largest absolute Gasteiger partial charge is 0.494 e. The molecule has 0 radical (unpaired) electrons. The minimum Gasteiger partial charge on any atom is -0.494 e. The number of hydrogen-bond donors (Lipinski definition) is 1. The lowest BCUT2D eigenvalue weighted by Crippen LogP contribution is -2.25. The summed E-state index contributed by atoms with van der Waals surface area (Å²) in [5.41, 5.74) is 0.991. The summed E-state index contributed by atoms with van der Waals surface area (Å²) < 4.78 is 5.62. The number of nitrogens with one attached hydrogen (secondary N) is 1. The predicted octanol–water partition coefficient (Wildman–Crippen LogP) is 4.23. The number of amides is 1. The molecule has 1 aromatic carbocycles. The van der Waals surface area contributed by atoms with Crippen molar-refractivity contribution in [3.8, 4) is 5.75 Å². The third kappa shape index (κ3) is 5.70. The van der Waals surface area contributed by atoms with Gasteiger partial charge in [0.2, 0.25) is 5.91 Å². The van der Waals surface area contributed by atoms with Gasteiger partial charge in [0.1, 0.15) is 5.75 Å². The van der Waals surface area contributed by atoms with Gasteiger partial charge in [-0.25, -0.2) is 0 Å². The van der Waals surface area contributed by atoms with Crippen LogP contribution in [0.5, 0.6) is 5.75 Å². The minimum atomic E-state index is 0.0763. The molecule has 0 saturated heterocycles. The van der Waals surface area contributed by atoms with Gasteiger partial charge < -0.3 is 10.1 Å². The van der Waals surface area contributed by atoms with Crippen LogP contribution < -0.4 is 10.1 Å². The van der Waals surface area contributed by atoms with Crippen molar-refractivity contribution in [3.05, 3.63) is 51.2 Å². The van der Waals surface area contributed by atoms with Gasteiger partial charge in [0.05, 0.1) is 6.61 Å². The predicted molar refractivity (Wildman–Crippen MR) is 92.0 cm³/mol. The Morgan fingerprint density at radius 1 is 1.36 bits per heavy atom. The van der Waals surface area contributed by atoms with Gasteiger partial charge in [0, 0.05) is 22.9 Å². The number of halogens is 1. The molecule has 0 bridgehead atoms. The first kappa shape index (κ1) is 16.8. The number of hydrogen-bond acceptors (Lipinski definition) is 3. The molecule has 1 aromatic heterocycles. The Kier molecular flexibility index (Phi) is 6.74. The summed E-state index contributed by atoms with van der Waals surface area (Å²) in [4.78, 5) is 13.0. The maximum absolute atomic E-state index is 11.7. The second-order valence-electron chi connectivity index (χ2n) is 5.04. The molecular formula is C17H20ClNO2S. The first-order valence-electron chi connectivity index (χ1n) is 7.33. The number of carbonyl (C=O) groups is 1. The molecule has 118 valence electrons. The second kappa shape index (κ2) is 8.81. The molecule has 5 heteroatoms. The van der Waals surface area contributed by atoms with Crippen LogP contribution in [0.3, 0.4) is 0 Å². The standard InChI is InChI=1S/C17H20ClNO2S/c1-13-12-14(6-7-16(13)18)21-10-2-5-17(20)19-9-8-15-4-3-11-22-15/h3-4,6-7,11-12H,2,5,8-10H2,1H3,(H,19,20). The maximum atomic E-state index is 11.7. The Morgan fingerprint density at radius 3 is 2.95 bits per heavy atom. The van der Waals surface area contributed by atoms with E-state index < -0.39 is 0 Å². The molecule has 2 aromatic rings. The van der Waals surface area contributed by atoms with Crippen molar-refractivity contribution in [1.29, 1.82) is 0 Å². The fraction of sp³-hybridized carbons (Fsp3) is 0.353. The normalized spacial score (nSPS) is 10.5. The zero-order valence-electron chi connectivity index (χ0n) is 12.6. The Balaban J connectivity index is 1.57. The highest BCUT2D eigenvalue weighted by atomic mass is 35.5. The number of rotatable bonds is 8. The van der Waals surface area contributed by atoms with Crippen LogP contribution >= 0.6 is 22.9 Å². The van der Waals surface area contributed by atoms with Crippen LogP contribution in [0.25, 0.3) is 0 Å². The summed E-state index contributed by atoms with van der Waals surface area (Å²) in [5.74, 6) is 0.868. The summed E-state index contributed by atoms with van der Waals surface area (Å²) in [6.45, 7) is 3.16. The molecule has 0 aliphatic heterocycles. The molecule has 1 N–H and O–H groups in total. The van der Waals surface area contributed by atoms with E-state index in [1.807, 2.05) is 36.6 Å². The van der Waals surface area contributed by atoms with Crippen molar-refractivity contribution in [1.82, 2.24) is 5.32 Å². The molecule has 0 unspecified atom stereocenters. The number of thiophene rings is 1. The Hall–Kier alpha value is -1.52. The van der Waals surface area contributed by atoms with Crippen LogP contribution in [0.2, 0.25) is 5.02 Å². The van der Waals surface area contributed by atoms with Gasteiger partial charge in [0.15, 0.2) is 0 Å². The summed E-state index contributed by atoms with van der Waals surface area (Å²) >= 11 is 7.68. The van der Waals surface area contributed by atoms with Crippen LogP contribution in [0.4, 0.5) is 0 Å². The first-order chi connectivity index (χ1) is 10.6. The van der Waals surface area contributed by atoms with Gasteiger partial charge in [-0.05, 0) is 55.0 Å². The van der Waals surface area contributed by atoms with E-state index in [4.69, 9.17) is 16.3 Å². The fourth-order valence-corrected chi connectivity index (χ4v) is 2.82. The molecule has 0 atom stereocenters.